The van der Waals surface area contributed by atoms with Crippen LogP contribution in [0, 0.1) is 0 Å². The van der Waals surface area contributed by atoms with E-state index >= 15 is 0 Å². The molecule has 1 heterocycles. The third kappa shape index (κ3) is 4.46. The molecule has 0 bridgehead atoms. The lowest BCUT2D eigenvalue weighted by molar-refractivity contribution is -0.139. The van der Waals surface area contributed by atoms with E-state index in [-0.39, 0.29) is 16.5 Å². The van der Waals surface area contributed by atoms with E-state index in [1.807, 2.05) is 0 Å². The molecule has 0 amide bonds. The first-order valence-electron chi connectivity index (χ1n) is 7.17. The molecule has 1 aromatic heterocycles. The Morgan fingerprint density at radius 1 is 1.33 bits per heavy atom. The van der Waals surface area contributed by atoms with Crippen LogP contribution in [0.4, 0.5) is 0 Å². The summed E-state index contributed by atoms with van der Waals surface area (Å²) in [5, 5.41) is 9.07. The van der Waals surface area contributed by atoms with Crippen molar-refractivity contribution in [2.75, 3.05) is 12.4 Å². The van der Waals surface area contributed by atoms with Crippen LogP contribution in [0.2, 0.25) is 5.02 Å². The van der Waals surface area contributed by atoms with Crippen molar-refractivity contribution in [3.8, 4) is 17.0 Å². The number of carbonyl (C=O) groups is 1. The van der Waals surface area contributed by atoms with Crippen molar-refractivity contribution in [1.29, 1.82) is 0 Å². The highest BCUT2D eigenvalue weighted by atomic mass is 35.5. The molecule has 24 heavy (non-hydrogen) atoms. The van der Waals surface area contributed by atoms with Gasteiger partial charge in [0.25, 0.3) is 0 Å². The first-order chi connectivity index (χ1) is 11.3. The number of hydrogen-bond donors (Lipinski definition) is 1. The minimum atomic E-state index is -3.38. The van der Waals surface area contributed by atoms with E-state index in [0.29, 0.717) is 22.6 Å². The Morgan fingerprint density at radius 3 is 2.75 bits per heavy atom. The van der Waals surface area contributed by atoms with Crippen molar-refractivity contribution in [1.82, 2.24) is 4.98 Å². The number of pyridine rings is 1. The molecule has 8 heteroatoms. The van der Waals surface area contributed by atoms with Gasteiger partial charge in [0.2, 0.25) is 5.88 Å². The van der Waals surface area contributed by atoms with Gasteiger partial charge in [0, 0.05) is 11.8 Å². The van der Waals surface area contributed by atoms with Gasteiger partial charge in [-0.05, 0) is 30.2 Å². The molecule has 0 saturated heterocycles. The molecule has 0 spiro atoms. The number of ether oxygens (including phenoxy) is 1. The van der Waals surface area contributed by atoms with Gasteiger partial charge in [-0.1, -0.05) is 30.7 Å². The minimum absolute atomic E-state index is 0.0482. The zero-order valence-corrected chi connectivity index (χ0v) is 14.5. The molecule has 0 unspecified atom stereocenters. The third-order valence-corrected chi connectivity index (χ3v) is 5.25. The number of benzene rings is 1. The molecule has 0 atom stereocenters. The monoisotopic (exact) mass is 369 g/mol. The molecular formula is C16H16ClNO5S. The molecule has 6 nitrogen and oxygen atoms in total. The van der Waals surface area contributed by atoms with E-state index in [0.717, 1.165) is 0 Å². The van der Waals surface area contributed by atoms with Crippen LogP contribution in [0.15, 0.2) is 41.4 Å². The maximum atomic E-state index is 12.2. The average molecular weight is 370 g/mol. The Labute approximate surface area is 145 Å². The van der Waals surface area contributed by atoms with Crippen LogP contribution in [0.5, 0.6) is 5.88 Å². The Balaban J connectivity index is 2.48. The van der Waals surface area contributed by atoms with Crippen molar-refractivity contribution < 1.29 is 23.1 Å². The summed E-state index contributed by atoms with van der Waals surface area (Å²) >= 11 is 5.96. The highest BCUT2D eigenvalue weighted by Crippen LogP contribution is 2.32. The molecule has 0 aliphatic heterocycles. The fourth-order valence-electron chi connectivity index (χ4n) is 2.12. The molecule has 0 aliphatic carbocycles. The Morgan fingerprint density at radius 2 is 2.08 bits per heavy atom. The molecule has 0 fully saturated rings. The Kier molecular flexibility index (Phi) is 5.80. The molecule has 128 valence electrons. The number of nitrogens with zero attached hydrogens (tertiary/aromatic N) is 1. The molecule has 2 aromatic rings. The zero-order chi connectivity index (χ0) is 17.7. The third-order valence-electron chi connectivity index (χ3n) is 3.13. The summed E-state index contributed by atoms with van der Waals surface area (Å²) in [6.07, 6.45) is 1.85. The van der Waals surface area contributed by atoms with Gasteiger partial charge in [-0.3, -0.25) is 0 Å². The summed E-state index contributed by atoms with van der Waals surface area (Å²) in [5.41, 5.74) is 0.958. The molecule has 0 radical (unpaired) electrons. The van der Waals surface area contributed by atoms with E-state index in [1.165, 1.54) is 18.3 Å². The van der Waals surface area contributed by atoms with Gasteiger partial charge in [-0.15, -0.1) is 0 Å². The highest BCUT2D eigenvalue weighted by Gasteiger charge is 2.16. The summed E-state index contributed by atoms with van der Waals surface area (Å²) in [5.74, 6) is -1.02. The Hall–Kier alpha value is -2.12. The quantitative estimate of drug-likeness (QED) is 0.806. The van der Waals surface area contributed by atoms with Crippen LogP contribution in [0.25, 0.3) is 11.1 Å². The minimum Gasteiger partial charge on any atom is -0.479 e. The molecular weight excluding hydrogens is 354 g/mol. The van der Waals surface area contributed by atoms with E-state index in [9.17, 15) is 13.2 Å². The van der Waals surface area contributed by atoms with Gasteiger partial charge < -0.3 is 9.84 Å². The molecule has 0 saturated carbocycles. The van der Waals surface area contributed by atoms with E-state index < -0.39 is 22.4 Å². The van der Waals surface area contributed by atoms with Crippen LogP contribution < -0.4 is 4.74 Å². The zero-order valence-electron chi connectivity index (χ0n) is 12.9. The maximum Gasteiger partial charge on any atom is 0.341 e. The number of sulfone groups is 1. The summed E-state index contributed by atoms with van der Waals surface area (Å²) in [6.45, 7) is 1.23. The van der Waals surface area contributed by atoms with Gasteiger partial charge in [0.05, 0.1) is 15.7 Å². The van der Waals surface area contributed by atoms with Crippen molar-refractivity contribution in [3.63, 3.8) is 0 Å². The average Bonchev–Trinajstić information content (AvgIpc) is 2.53. The summed E-state index contributed by atoms with van der Waals surface area (Å²) in [6, 6.07) is 7.87. The van der Waals surface area contributed by atoms with Gasteiger partial charge in [-0.25, -0.2) is 18.2 Å². The van der Waals surface area contributed by atoms with Crippen molar-refractivity contribution in [2.24, 2.45) is 0 Å². The number of aromatic nitrogens is 1. The van der Waals surface area contributed by atoms with Gasteiger partial charge >= 0.3 is 5.97 Å². The van der Waals surface area contributed by atoms with Gasteiger partial charge in [0.1, 0.15) is 0 Å². The van der Waals surface area contributed by atoms with Crippen LogP contribution in [-0.2, 0) is 14.6 Å². The second-order valence-electron chi connectivity index (χ2n) is 5.04. The summed E-state index contributed by atoms with van der Waals surface area (Å²) in [4.78, 5) is 14.9. The standard InChI is InChI=1S/C16H16ClNO5S/c1-2-6-24(21,22)13-5-3-4-11(7-13)14-8-12(17)9-18-16(14)23-10-15(19)20/h3-5,7-9H,2,6,10H2,1H3,(H,19,20). The number of hydrogen-bond acceptors (Lipinski definition) is 5. The highest BCUT2D eigenvalue weighted by molar-refractivity contribution is 7.91. The number of rotatable bonds is 7. The smallest absolute Gasteiger partial charge is 0.341 e. The lowest BCUT2D eigenvalue weighted by atomic mass is 10.1. The van der Waals surface area contributed by atoms with Crippen molar-refractivity contribution >= 4 is 27.4 Å². The Bertz CT molecular complexity index is 851. The largest absolute Gasteiger partial charge is 0.479 e. The fourth-order valence-corrected chi connectivity index (χ4v) is 3.65. The second-order valence-corrected chi connectivity index (χ2v) is 7.58. The molecule has 0 aliphatic rings. The fraction of sp³-hybridized carbons (Fsp3) is 0.250. The summed E-state index contributed by atoms with van der Waals surface area (Å²) in [7, 11) is -3.38. The van der Waals surface area contributed by atoms with Gasteiger partial charge in [-0.2, -0.15) is 0 Å². The molecule has 1 aromatic carbocycles. The predicted molar refractivity (Wildman–Crippen MR) is 90.2 cm³/mol. The van der Waals surface area contributed by atoms with Crippen molar-refractivity contribution in [2.45, 2.75) is 18.2 Å². The summed E-state index contributed by atoms with van der Waals surface area (Å²) < 4.78 is 29.6. The normalized spacial score (nSPS) is 11.2. The van der Waals surface area contributed by atoms with Crippen molar-refractivity contribution in [3.05, 3.63) is 41.6 Å². The van der Waals surface area contributed by atoms with Crippen LogP contribution in [0.1, 0.15) is 13.3 Å². The lowest BCUT2D eigenvalue weighted by Crippen LogP contribution is -2.11. The molecule has 2 rings (SSSR count). The van der Waals surface area contributed by atoms with Gasteiger partial charge in [0.15, 0.2) is 16.4 Å². The van der Waals surface area contributed by atoms with E-state index in [4.69, 9.17) is 21.4 Å². The number of carboxylic acids is 1. The number of halogens is 1. The topological polar surface area (TPSA) is 93.6 Å². The number of aliphatic carboxylic acids is 1. The SMILES string of the molecule is CCCS(=O)(=O)c1cccc(-c2cc(Cl)cnc2OCC(=O)O)c1. The maximum absolute atomic E-state index is 12.2. The first-order valence-corrected chi connectivity index (χ1v) is 9.20. The second kappa shape index (κ2) is 7.63. The van der Waals surface area contributed by atoms with E-state index in [2.05, 4.69) is 4.98 Å². The lowest BCUT2D eigenvalue weighted by Gasteiger charge is -2.11. The van der Waals surface area contributed by atoms with Crippen LogP contribution in [0.3, 0.4) is 0 Å². The molecule has 1 N–H and O–H groups in total. The predicted octanol–water partition coefficient (Wildman–Crippen LogP) is 3.05. The van der Waals surface area contributed by atoms with E-state index in [1.54, 1.807) is 25.1 Å². The number of carboxylic acid groups (broad SMARTS) is 1. The van der Waals surface area contributed by atoms with Crippen LogP contribution in [-0.4, -0.2) is 36.8 Å². The van der Waals surface area contributed by atoms with Crippen LogP contribution >= 0.6 is 11.6 Å². The first kappa shape index (κ1) is 18.2.